The summed E-state index contributed by atoms with van der Waals surface area (Å²) in [6.45, 7) is 0. The maximum Gasteiger partial charge on any atom is 0.250 e. The normalized spacial score (nSPS) is 19.4. The second kappa shape index (κ2) is 7.29. The van der Waals surface area contributed by atoms with Crippen LogP contribution in [0.5, 0.6) is 5.75 Å². The number of aromatic amines is 1. The van der Waals surface area contributed by atoms with Gasteiger partial charge in [0.25, 0.3) is 5.56 Å². The molecule has 1 aromatic carbocycles. The predicted octanol–water partition coefficient (Wildman–Crippen LogP) is 1.77. The van der Waals surface area contributed by atoms with Crippen LogP contribution in [0.2, 0.25) is 0 Å². The van der Waals surface area contributed by atoms with Crippen LogP contribution in [-0.2, 0) is 11.2 Å². The quantitative estimate of drug-likeness (QED) is 0.847. The van der Waals surface area contributed by atoms with Crippen molar-refractivity contribution in [1.82, 2.24) is 15.3 Å². The molecular weight excluding hydrogens is 306 g/mol. The van der Waals surface area contributed by atoms with Crippen LogP contribution in [0.3, 0.4) is 0 Å². The first kappa shape index (κ1) is 16.2. The maximum atomic E-state index is 12.1. The van der Waals surface area contributed by atoms with Crippen molar-refractivity contribution in [2.45, 2.75) is 37.6 Å². The number of hydrogen-bond acceptors (Lipinski definition) is 4. The largest absolute Gasteiger partial charge is 0.496 e. The maximum absolute atomic E-state index is 12.1. The van der Waals surface area contributed by atoms with E-state index >= 15 is 0 Å². The van der Waals surface area contributed by atoms with Crippen LogP contribution in [0.15, 0.2) is 41.5 Å². The Hall–Kier alpha value is -2.63. The van der Waals surface area contributed by atoms with Crippen LogP contribution in [0.4, 0.5) is 0 Å². The van der Waals surface area contributed by atoms with Gasteiger partial charge in [0.1, 0.15) is 5.75 Å². The number of benzene rings is 1. The first-order valence-corrected chi connectivity index (χ1v) is 8.11. The number of hydrogen-bond donors (Lipinski definition) is 2. The Labute approximate surface area is 140 Å². The standard InChI is InChI=1S/C18H21N3O3/c1-24-16-5-3-2-4-12(16)6-7-17(22)21-14-8-13(9-14)15-10-18(23)20-11-19-15/h2-5,10-11,13-14H,6-9H2,1H3,(H,21,22)(H,19,20,23). The number of rotatable bonds is 6. The smallest absolute Gasteiger partial charge is 0.250 e. The molecule has 0 bridgehead atoms. The molecule has 1 aliphatic rings. The van der Waals surface area contributed by atoms with Crippen molar-refractivity contribution in [3.05, 3.63) is 58.3 Å². The predicted molar refractivity (Wildman–Crippen MR) is 90.1 cm³/mol. The van der Waals surface area contributed by atoms with Crippen LogP contribution in [0.25, 0.3) is 0 Å². The summed E-state index contributed by atoms with van der Waals surface area (Å²) in [5, 5.41) is 3.04. The molecule has 1 heterocycles. The number of carbonyl (C=O) groups excluding carboxylic acids is 1. The fraction of sp³-hybridized carbons (Fsp3) is 0.389. The molecule has 0 atom stereocenters. The highest BCUT2D eigenvalue weighted by Crippen LogP contribution is 2.35. The first-order chi connectivity index (χ1) is 11.7. The Morgan fingerprint density at radius 3 is 2.92 bits per heavy atom. The van der Waals surface area contributed by atoms with Crippen LogP contribution in [0, 0.1) is 0 Å². The van der Waals surface area contributed by atoms with Gasteiger partial charge in [0, 0.05) is 24.4 Å². The highest BCUT2D eigenvalue weighted by Gasteiger charge is 2.32. The number of aryl methyl sites for hydroxylation is 1. The highest BCUT2D eigenvalue weighted by molar-refractivity contribution is 5.76. The van der Waals surface area contributed by atoms with Crippen molar-refractivity contribution in [2.75, 3.05) is 7.11 Å². The van der Waals surface area contributed by atoms with Gasteiger partial charge >= 0.3 is 0 Å². The molecule has 0 saturated heterocycles. The van der Waals surface area contributed by atoms with Crippen molar-refractivity contribution < 1.29 is 9.53 Å². The Kier molecular flexibility index (Phi) is 4.93. The van der Waals surface area contributed by atoms with Gasteiger partial charge in [-0.3, -0.25) is 9.59 Å². The Morgan fingerprint density at radius 1 is 1.38 bits per heavy atom. The van der Waals surface area contributed by atoms with E-state index in [0.29, 0.717) is 12.8 Å². The van der Waals surface area contributed by atoms with Crippen LogP contribution < -0.4 is 15.6 Å². The molecule has 24 heavy (non-hydrogen) atoms. The van der Waals surface area contributed by atoms with Gasteiger partial charge in [0.15, 0.2) is 0 Å². The van der Waals surface area contributed by atoms with E-state index < -0.39 is 0 Å². The van der Waals surface area contributed by atoms with E-state index in [1.165, 1.54) is 12.4 Å². The number of amides is 1. The van der Waals surface area contributed by atoms with Crippen LogP contribution in [0.1, 0.15) is 36.4 Å². The van der Waals surface area contributed by atoms with Crippen LogP contribution >= 0.6 is 0 Å². The van der Waals surface area contributed by atoms with E-state index in [-0.39, 0.29) is 23.4 Å². The zero-order valence-corrected chi connectivity index (χ0v) is 13.6. The Bertz CT molecular complexity index is 766. The molecule has 1 fully saturated rings. The number of aromatic nitrogens is 2. The molecule has 3 rings (SSSR count). The van der Waals surface area contributed by atoms with E-state index in [0.717, 1.165) is 29.8 Å². The Balaban J connectivity index is 1.45. The van der Waals surface area contributed by atoms with E-state index in [1.54, 1.807) is 7.11 Å². The zero-order chi connectivity index (χ0) is 16.9. The van der Waals surface area contributed by atoms with Gasteiger partial charge in [-0.2, -0.15) is 0 Å². The monoisotopic (exact) mass is 327 g/mol. The average Bonchev–Trinajstić information content (AvgIpc) is 2.56. The van der Waals surface area contributed by atoms with Crippen LogP contribution in [-0.4, -0.2) is 29.0 Å². The lowest BCUT2D eigenvalue weighted by Gasteiger charge is -2.35. The molecule has 0 spiro atoms. The molecule has 0 aliphatic heterocycles. The molecule has 1 aliphatic carbocycles. The summed E-state index contributed by atoms with van der Waals surface area (Å²) in [4.78, 5) is 30.1. The van der Waals surface area contributed by atoms with Gasteiger partial charge in [-0.05, 0) is 30.9 Å². The third-order valence-corrected chi connectivity index (χ3v) is 4.43. The van der Waals surface area contributed by atoms with E-state index in [4.69, 9.17) is 4.74 Å². The van der Waals surface area contributed by atoms with Crippen molar-refractivity contribution in [1.29, 1.82) is 0 Å². The molecule has 2 aromatic rings. The summed E-state index contributed by atoms with van der Waals surface area (Å²) in [6.07, 6.45) is 4.18. The molecule has 2 N–H and O–H groups in total. The number of ether oxygens (including phenoxy) is 1. The summed E-state index contributed by atoms with van der Waals surface area (Å²) < 4.78 is 5.30. The lowest BCUT2D eigenvalue weighted by Crippen LogP contribution is -2.43. The van der Waals surface area contributed by atoms with Gasteiger partial charge < -0.3 is 15.0 Å². The molecule has 1 aromatic heterocycles. The number of methoxy groups -OCH3 is 1. The highest BCUT2D eigenvalue weighted by atomic mass is 16.5. The number of nitrogens with one attached hydrogen (secondary N) is 2. The lowest BCUT2D eigenvalue weighted by atomic mass is 9.78. The average molecular weight is 327 g/mol. The third kappa shape index (κ3) is 3.82. The molecule has 6 nitrogen and oxygen atoms in total. The molecule has 1 amide bonds. The minimum atomic E-state index is -0.135. The van der Waals surface area contributed by atoms with Crippen molar-refractivity contribution >= 4 is 5.91 Å². The molecule has 126 valence electrons. The lowest BCUT2D eigenvalue weighted by molar-refractivity contribution is -0.122. The second-order valence-electron chi connectivity index (χ2n) is 6.08. The summed E-state index contributed by atoms with van der Waals surface area (Å²) in [7, 11) is 1.64. The molecular formula is C18H21N3O3. The van der Waals surface area contributed by atoms with Crippen molar-refractivity contribution in [3.63, 3.8) is 0 Å². The topological polar surface area (TPSA) is 84.1 Å². The fourth-order valence-electron chi connectivity index (χ4n) is 3.04. The summed E-state index contributed by atoms with van der Waals surface area (Å²) in [5.74, 6) is 1.12. The second-order valence-corrected chi connectivity index (χ2v) is 6.08. The summed E-state index contributed by atoms with van der Waals surface area (Å²) in [5.41, 5.74) is 1.71. The first-order valence-electron chi connectivity index (χ1n) is 8.11. The SMILES string of the molecule is COc1ccccc1CCC(=O)NC1CC(c2cc(=O)[nH]cn2)C1. The van der Waals surface area contributed by atoms with Gasteiger partial charge in [0.05, 0.1) is 19.1 Å². The Morgan fingerprint density at radius 2 is 2.17 bits per heavy atom. The van der Waals surface area contributed by atoms with Gasteiger partial charge in [-0.15, -0.1) is 0 Å². The van der Waals surface area contributed by atoms with Crippen molar-refractivity contribution in [2.24, 2.45) is 0 Å². The minimum Gasteiger partial charge on any atom is -0.496 e. The van der Waals surface area contributed by atoms with Gasteiger partial charge in [-0.25, -0.2) is 4.98 Å². The molecule has 0 radical (unpaired) electrons. The van der Waals surface area contributed by atoms with Gasteiger partial charge in [0.2, 0.25) is 5.91 Å². The number of H-pyrrole nitrogens is 1. The van der Waals surface area contributed by atoms with E-state index in [9.17, 15) is 9.59 Å². The van der Waals surface area contributed by atoms with Gasteiger partial charge in [-0.1, -0.05) is 18.2 Å². The third-order valence-electron chi connectivity index (χ3n) is 4.43. The fourth-order valence-corrected chi connectivity index (χ4v) is 3.04. The number of carbonyl (C=O) groups is 1. The van der Waals surface area contributed by atoms with E-state index in [2.05, 4.69) is 15.3 Å². The molecule has 1 saturated carbocycles. The zero-order valence-electron chi connectivity index (χ0n) is 13.6. The summed E-state index contributed by atoms with van der Waals surface area (Å²) >= 11 is 0. The number of nitrogens with zero attached hydrogens (tertiary/aromatic N) is 1. The van der Waals surface area contributed by atoms with Crippen molar-refractivity contribution in [3.8, 4) is 5.75 Å². The van der Waals surface area contributed by atoms with E-state index in [1.807, 2.05) is 24.3 Å². The molecule has 6 heteroatoms. The number of para-hydroxylation sites is 1. The molecule has 0 unspecified atom stereocenters. The summed E-state index contributed by atoms with van der Waals surface area (Å²) in [6, 6.07) is 9.44. The minimum absolute atomic E-state index is 0.0447.